The first-order valence-corrected chi connectivity index (χ1v) is 5.80. The zero-order chi connectivity index (χ0) is 13.9. The summed E-state index contributed by atoms with van der Waals surface area (Å²) in [6.45, 7) is 3.55. The van der Waals surface area contributed by atoms with Crippen LogP contribution < -0.4 is 5.73 Å². The Balaban J connectivity index is 2.79. The predicted molar refractivity (Wildman–Crippen MR) is 66.1 cm³/mol. The molecule has 2 nitrogen and oxygen atoms in total. The van der Waals surface area contributed by atoms with Crippen molar-refractivity contribution in [3.63, 3.8) is 0 Å². The van der Waals surface area contributed by atoms with E-state index in [0.29, 0.717) is 0 Å². The van der Waals surface area contributed by atoms with Crippen LogP contribution in [0, 0.1) is 6.92 Å². The number of hydrogen-bond donors (Lipinski definition) is 1. The average molecular weight is 260 g/mol. The minimum absolute atomic E-state index is 0.228. The van der Waals surface area contributed by atoms with E-state index >= 15 is 0 Å². The summed E-state index contributed by atoms with van der Waals surface area (Å²) in [5.41, 5.74) is 7.37. The lowest BCUT2D eigenvalue weighted by Gasteiger charge is -2.32. The van der Waals surface area contributed by atoms with Crippen molar-refractivity contribution >= 4 is 0 Å². The molecule has 2 atom stereocenters. The maximum absolute atomic E-state index is 12.9. The van der Waals surface area contributed by atoms with Crippen molar-refractivity contribution in [2.45, 2.75) is 38.7 Å². The molecule has 0 saturated heterocycles. The van der Waals surface area contributed by atoms with Gasteiger partial charge in [-0.15, -0.1) is 0 Å². The van der Waals surface area contributed by atoms with Gasteiger partial charge < -0.3 is 5.73 Å². The number of nitrogens with two attached hydrogens (primary N) is 1. The maximum atomic E-state index is 12.9. The van der Waals surface area contributed by atoms with Gasteiger partial charge in [0.2, 0.25) is 0 Å². The molecule has 2 N–H and O–H groups in total. The van der Waals surface area contributed by atoms with Crippen LogP contribution in [0.2, 0.25) is 0 Å². The number of aryl methyl sites for hydroxylation is 1. The van der Waals surface area contributed by atoms with Gasteiger partial charge in [0.1, 0.15) is 6.04 Å². The third kappa shape index (κ3) is 3.99. The molecule has 1 aromatic rings. The van der Waals surface area contributed by atoms with E-state index < -0.39 is 18.3 Å². The molecular weight excluding hydrogens is 241 g/mol. The van der Waals surface area contributed by atoms with Crippen molar-refractivity contribution < 1.29 is 13.2 Å². The van der Waals surface area contributed by atoms with Crippen LogP contribution in [0.5, 0.6) is 0 Å². The third-order valence-corrected chi connectivity index (χ3v) is 2.86. The molecule has 0 heterocycles. The van der Waals surface area contributed by atoms with Crippen LogP contribution in [-0.4, -0.2) is 30.2 Å². The summed E-state index contributed by atoms with van der Waals surface area (Å²) in [6.07, 6.45) is -4.31. The van der Waals surface area contributed by atoms with Gasteiger partial charge in [-0.25, -0.2) is 0 Å². The van der Waals surface area contributed by atoms with Crippen molar-refractivity contribution in [2.75, 3.05) is 7.05 Å². The van der Waals surface area contributed by atoms with Crippen LogP contribution in [0.15, 0.2) is 24.3 Å². The normalized spacial score (nSPS) is 15.8. The van der Waals surface area contributed by atoms with Crippen LogP contribution in [0.25, 0.3) is 0 Å². The molecule has 0 saturated carbocycles. The number of rotatable bonds is 4. The number of benzene rings is 1. The molecule has 102 valence electrons. The Morgan fingerprint density at radius 1 is 1.22 bits per heavy atom. The molecule has 1 aromatic carbocycles. The average Bonchev–Trinajstić information content (AvgIpc) is 2.18. The van der Waals surface area contributed by atoms with E-state index in [1.54, 1.807) is 0 Å². The molecule has 0 bridgehead atoms. The van der Waals surface area contributed by atoms with Crippen LogP contribution >= 0.6 is 0 Å². The summed E-state index contributed by atoms with van der Waals surface area (Å²) in [5, 5.41) is 0. The fourth-order valence-electron chi connectivity index (χ4n) is 2.03. The lowest BCUT2D eigenvalue weighted by atomic mass is 10.1. The second kappa shape index (κ2) is 5.71. The van der Waals surface area contributed by atoms with Crippen LogP contribution in [0.4, 0.5) is 13.2 Å². The first-order chi connectivity index (χ1) is 8.21. The molecular formula is C13H19F3N2. The quantitative estimate of drug-likeness (QED) is 0.902. The molecule has 0 aromatic heterocycles. The second-order valence-corrected chi connectivity index (χ2v) is 4.75. The number of alkyl halides is 3. The Kier molecular flexibility index (Phi) is 4.76. The Morgan fingerprint density at radius 2 is 1.72 bits per heavy atom. The van der Waals surface area contributed by atoms with E-state index in [4.69, 9.17) is 5.73 Å². The Bertz CT molecular complexity index is 371. The van der Waals surface area contributed by atoms with Gasteiger partial charge in [-0.05, 0) is 26.5 Å². The summed E-state index contributed by atoms with van der Waals surface area (Å²) in [4.78, 5) is 1.25. The van der Waals surface area contributed by atoms with Crippen molar-refractivity contribution in [2.24, 2.45) is 5.73 Å². The number of halogens is 3. The lowest BCUT2D eigenvalue weighted by molar-refractivity contribution is -0.186. The molecule has 2 unspecified atom stereocenters. The lowest BCUT2D eigenvalue weighted by Crippen LogP contribution is -2.53. The van der Waals surface area contributed by atoms with Gasteiger partial charge in [-0.1, -0.05) is 29.8 Å². The smallest absolute Gasteiger partial charge is 0.326 e. The van der Waals surface area contributed by atoms with E-state index in [1.165, 1.54) is 18.9 Å². The zero-order valence-electron chi connectivity index (χ0n) is 10.8. The van der Waals surface area contributed by atoms with Crippen LogP contribution in [0.3, 0.4) is 0 Å². The van der Waals surface area contributed by atoms with E-state index in [2.05, 4.69) is 0 Å². The third-order valence-electron chi connectivity index (χ3n) is 2.86. The fraction of sp³-hybridized carbons (Fsp3) is 0.538. The molecule has 0 radical (unpaired) electrons. The largest absolute Gasteiger partial charge is 0.405 e. The van der Waals surface area contributed by atoms with Gasteiger partial charge in [0.25, 0.3) is 0 Å². The fourth-order valence-corrected chi connectivity index (χ4v) is 2.03. The number of hydrogen-bond acceptors (Lipinski definition) is 2. The summed E-state index contributed by atoms with van der Waals surface area (Å²) < 4.78 is 38.6. The summed E-state index contributed by atoms with van der Waals surface area (Å²) in [7, 11) is 1.45. The van der Waals surface area contributed by atoms with Gasteiger partial charge in [0, 0.05) is 12.6 Å². The summed E-state index contributed by atoms with van der Waals surface area (Å²) >= 11 is 0. The highest BCUT2D eigenvalue weighted by Crippen LogP contribution is 2.27. The van der Waals surface area contributed by atoms with Crippen LogP contribution in [-0.2, 0) is 6.54 Å². The van der Waals surface area contributed by atoms with Gasteiger partial charge in [0.05, 0.1) is 0 Å². The molecule has 0 aliphatic rings. The first kappa shape index (κ1) is 15.0. The zero-order valence-corrected chi connectivity index (χ0v) is 10.8. The van der Waals surface area contributed by atoms with Crippen molar-refractivity contribution in [1.82, 2.24) is 4.90 Å². The van der Waals surface area contributed by atoms with Crippen molar-refractivity contribution in [3.8, 4) is 0 Å². The molecule has 5 heteroatoms. The molecule has 0 fully saturated rings. The molecule has 0 amide bonds. The van der Waals surface area contributed by atoms with Crippen LogP contribution in [0.1, 0.15) is 18.1 Å². The van der Waals surface area contributed by atoms with Gasteiger partial charge in [-0.3, -0.25) is 4.90 Å². The van der Waals surface area contributed by atoms with Crippen molar-refractivity contribution in [1.29, 1.82) is 0 Å². The molecule has 18 heavy (non-hydrogen) atoms. The monoisotopic (exact) mass is 260 g/mol. The summed E-state index contributed by atoms with van der Waals surface area (Å²) in [6, 6.07) is 4.86. The minimum Gasteiger partial charge on any atom is -0.326 e. The van der Waals surface area contributed by atoms with Gasteiger partial charge >= 0.3 is 6.18 Å². The Morgan fingerprint density at radius 3 is 2.11 bits per heavy atom. The topological polar surface area (TPSA) is 29.3 Å². The van der Waals surface area contributed by atoms with E-state index in [-0.39, 0.29) is 6.54 Å². The molecule has 1 rings (SSSR count). The van der Waals surface area contributed by atoms with Gasteiger partial charge in [0.15, 0.2) is 0 Å². The minimum atomic E-state index is -4.31. The second-order valence-electron chi connectivity index (χ2n) is 4.75. The van der Waals surface area contributed by atoms with E-state index in [9.17, 15) is 13.2 Å². The SMILES string of the molecule is Cc1ccc(CN(C)C(C(C)N)C(F)(F)F)cc1. The number of likely N-dealkylation sites (N-methyl/N-ethyl adjacent to an activating group) is 1. The van der Waals surface area contributed by atoms with Gasteiger partial charge in [-0.2, -0.15) is 13.2 Å². The maximum Gasteiger partial charge on any atom is 0.405 e. The standard InChI is InChI=1S/C13H19F3N2/c1-9-4-6-11(7-5-9)8-18(3)12(10(2)17)13(14,15)16/h4-7,10,12H,8,17H2,1-3H3. The highest BCUT2D eigenvalue weighted by Gasteiger charge is 2.44. The van der Waals surface area contributed by atoms with E-state index in [0.717, 1.165) is 11.1 Å². The number of nitrogens with zero attached hydrogens (tertiary/aromatic N) is 1. The first-order valence-electron chi connectivity index (χ1n) is 5.80. The predicted octanol–water partition coefficient (Wildman–Crippen LogP) is 2.70. The molecule has 0 spiro atoms. The molecule has 0 aliphatic carbocycles. The Hall–Kier alpha value is -1.07. The Labute approximate surface area is 106 Å². The molecule has 0 aliphatic heterocycles. The summed E-state index contributed by atoms with van der Waals surface area (Å²) in [5.74, 6) is 0. The highest BCUT2D eigenvalue weighted by atomic mass is 19.4. The highest BCUT2D eigenvalue weighted by molar-refractivity contribution is 5.21. The van der Waals surface area contributed by atoms with Crippen molar-refractivity contribution in [3.05, 3.63) is 35.4 Å². The van der Waals surface area contributed by atoms with E-state index in [1.807, 2.05) is 31.2 Å².